The Bertz CT molecular complexity index is 341. The summed E-state index contributed by atoms with van der Waals surface area (Å²) in [5.74, 6) is 0.200. The number of ketones is 1. The molecule has 19 heavy (non-hydrogen) atoms. The Morgan fingerprint density at radius 2 is 1.79 bits per heavy atom. The highest BCUT2D eigenvalue weighted by Gasteiger charge is 2.38. The van der Waals surface area contributed by atoms with Crippen molar-refractivity contribution in [1.82, 2.24) is 0 Å². The van der Waals surface area contributed by atoms with Crippen LogP contribution >= 0.6 is 0 Å². The molecular weight excluding hydrogens is 236 g/mol. The van der Waals surface area contributed by atoms with Crippen LogP contribution in [0, 0.1) is 0 Å². The van der Waals surface area contributed by atoms with E-state index in [1.165, 1.54) is 32.1 Å². The maximum absolute atomic E-state index is 12.3. The second-order valence-electron chi connectivity index (χ2n) is 5.44. The van der Waals surface area contributed by atoms with E-state index in [0.717, 1.165) is 18.4 Å². The minimum atomic E-state index is -0.762. The second kappa shape index (κ2) is 8.31. The highest BCUT2D eigenvalue weighted by Crippen LogP contribution is 2.30. The van der Waals surface area contributed by atoms with Crippen molar-refractivity contribution in [3.05, 3.63) is 23.8 Å². The summed E-state index contributed by atoms with van der Waals surface area (Å²) in [7, 11) is 1.62. The van der Waals surface area contributed by atoms with E-state index in [2.05, 4.69) is 6.92 Å². The summed E-state index contributed by atoms with van der Waals surface area (Å²) in [6.07, 6.45) is 15.0. The molecule has 0 saturated heterocycles. The van der Waals surface area contributed by atoms with Gasteiger partial charge in [-0.15, -0.1) is 0 Å². The van der Waals surface area contributed by atoms with E-state index in [0.29, 0.717) is 6.42 Å². The first-order valence-electron chi connectivity index (χ1n) is 7.62. The fourth-order valence-corrected chi connectivity index (χ4v) is 2.67. The zero-order chi connectivity index (χ0) is 14.1. The van der Waals surface area contributed by atoms with Gasteiger partial charge < -0.3 is 4.74 Å². The van der Waals surface area contributed by atoms with Gasteiger partial charge in [-0.3, -0.25) is 4.79 Å². The van der Waals surface area contributed by atoms with Crippen molar-refractivity contribution in [2.24, 2.45) is 0 Å². The lowest BCUT2D eigenvalue weighted by Crippen LogP contribution is -2.38. The number of Topliss-reactive ketones (excluding diaryl/α,β-unsaturated/α-hetero) is 1. The molecule has 1 aliphatic rings. The van der Waals surface area contributed by atoms with Gasteiger partial charge in [0.15, 0.2) is 11.4 Å². The Hall–Kier alpha value is -0.890. The standard InChI is InChI=1S/C17H28O2/c1-4-5-6-7-8-9-10-13-16(18)17(19-3)14-11-12-15(17)2/h11-12,14H,4-10,13H2,1-3H3. The third kappa shape index (κ3) is 4.31. The maximum atomic E-state index is 12.3. The average molecular weight is 264 g/mol. The summed E-state index contributed by atoms with van der Waals surface area (Å²) in [5.41, 5.74) is 0.241. The summed E-state index contributed by atoms with van der Waals surface area (Å²) < 4.78 is 5.48. The molecule has 0 aliphatic heterocycles. The van der Waals surface area contributed by atoms with Crippen LogP contribution < -0.4 is 0 Å². The summed E-state index contributed by atoms with van der Waals surface area (Å²) >= 11 is 0. The molecule has 0 aromatic rings. The Morgan fingerprint density at radius 1 is 1.16 bits per heavy atom. The SMILES string of the molecule is CCCCCCCCCC(=O)C1(OC)C=CC=C1C. The summed E-state index contributed by atoms with van der Waals surface area (Å²) in [4.78, 5) is 12.3. The highest BCUT2D eigenvalue weighted by molar-refractivity contribution is 5.93. The van der Waals surface area contributed by atoms with Gasteiger partial charge in [0.05, 0.1) is 0 Å². The van der Waals surface area contributed by atoms with Crippen LogP contribution in [0.1, 0.15) is 65.2 Å². The molecule has 2 nitrogen and oxygen atoms in total. The lowest BCUT2D eigenvalue weighted by Gasteiger charge is -2.26. The molecule has 0 radical (unpaired) electrons. The van der Waals surface area contributed by atoms with E-state index in [1.54, 1.807) is 7.11 Å². The molecule has 108 valence electrons. The highest BCUT2D eigenvalue weighted by atomic mass is 16.5. The molecule has 1 unspecified atom stereocenters. The lowest BCUT2D eigenvalue weighted by atomic mass is 9.89. The van der Waals surface area contributed by atoms with Gasteiger partial charge in [0.1, 0.15) is 0 Å². The molecule has 1 aliphatic carbocycles. The van der Waals surface area contributed by atoms with E-state index in [4.69, 9.17) is 4.74 Å². The van der Waals surface area contributed by atoms with Gasteiger partial charge in [-0.05, 0) is 25.0 Å². The molecule has 0 fully saturated rings. The average Bonchev–Trinajstić information content (AvgIpc) is 2.79. The van der Waals surface area contributed by atoms with Crippen molar-refractivity contribution in [3.63, 3.8) is 0 Å². The molecule has 2 heteroatoms. The number of carbonyl (C=O) groups excluding carboxylic acids is 1. The smallest absolute Gasteiger partial charge is 0.172 e. The van der Waals surface area contributed by atoms with Gasteiger partial charge in [-0.1, -0.05) is 57.6 Å². The molecule has 0 heterocycles. The van der Waals surface area contributed by atoms with Crippen LogP contribution in [0.25, 0.3) is 0 Å². The lowest BCUT2D eigenvalue weighted by molar-refractivity contribution is -0.132. The van der Waals surface area contributed by atoms with Crippen LogP contribution in [-0.4, -0.2) is 18.5 Å². The number of unbranched alkanes of at least 4 members (excludes halogenated alkanes) is 6. The first-order chi connectivity index (χ1) is 9.17. The first kappa shape index (κ1) is 16.2. The van der Waals surface area contributed by atoms with Gasteiger partial charge in [0, 0.05) is 13.5 Å². The number of allylic oxidation sites excluding steroid dienone is 2. The van der Waals surface area contributed by atoms with Gasteiger partial charge >= 0.3 is 0 Å². The van der Waals surface area contributed by atoms with Crippen LogP contribution in [0.5, 0.6) is 0 Å². The predicted molar refractivity (Wildman–Crippen MR) is 80.3 cm³/mol. The third-order valence-corrected chi connectivity index (χ3v) is 4.01. The molecule has 0 saturated carbocycles. The summed E-state index contributed by atoms with van der Waals surface area (Å²) in [6.45, 7) is 4.19. The minimum Gasteiger partial charge on any atom is -0.362 e. The topological polar surface area (TPSA) is 26.3 Å². The number of rotatable bonds is 10. The fraction of sp³-hybridized carbons (Fsp3) is 0.706. The zero-order valence-corrected chi connectivity index (χ0v) is 12.7. The molecule has 1 rings (SSSR count). The molecule has 0 aromatic carbocycles. The van der Waals surface area contributed by atoms with Crippen LogP contribution in [-0.2, 0) is 9.53 Å². The molecule has 0 spiro atoms. The Morgan fingerprint density at radius 3 is 2.32 bits per heavy atom. The van der Waals surface area contributed by atoms with Crippen LogP contribution in [0.15, 0.2) is 23.8 Å². The minimum absolute atomic E-state index is 0.200. The summed E-state index contributed by atoms with van der Waals surface area (Å²) in [6, 6.07) is 0. The molecule has 0 aromatic heterocycles. The fourth-order valence-electron chi connectivity index (χ4n) is 2.67. The Balaban J connectivity index is 2.24. The predicted octanol–water partition coefficient (Wildman–Crippen LogP) is 4.60. The maximum Gasteiger partial charge on any atom is 0.172 e. The molecule has 0 N–H and O–H groups in total. The van der Waals surface area contributed by atoms with Gasteiger partial charge in [0.2, 0.25) is 0 Å². The Kier molecular flexibility index (Phi) is 7.07. The normalized spacial score (nSPS) is 21.7. The molecule has 1 atom stereocenters. The van der Waals surface area contributed by atoms with Crippen molar-refractivity contribution in [1.29, 1.82) is 0 Å². The van der Waals surface area contributed by atoms with Crippen LogP contribution in [0.3, 0.4) is 0 Å². The van der Waals surface area contributed by atoms with E-state index >= 15 is 0 Å². The largest absolute Gasteiger partial charge is 0.362 e. The zero-order valence-electron chi connectivity index (χ0n) is 12.7. The summed E-state index contributed by atoms with van der Waals surface area (Å²) in [5, 5.41) is 0. The number of hydrogen-bond acceptors (Lipinski definition) is 2. The Labute approximate surface area is 117 Å². The number of hydrogen-bond donors (Lipinski definition) is 0. The van der Waals surface area contributed by atoms with Crippen molar-refractivity contribution in [2.45, 2.75) is 70.8 Å². The van der Waals surface area contributed by atoms with E-state index < -0.39 is 5.60 Å². The van der Waals surface area contributed by atoms with Crippen molar-refractivity contribution in [2.75, 3.05) is 7.11 Å². The van der Waals surface area contributed by atoms with Gasteiger partial charge in [-0.2, -0.15) is 0 Å². The number of carbonyl (C=O) groups is 1. The number of methoxy groups -OCH3 is 1. The van der Waals surface area contributed by atoms with Gasteiger partial charge in [0.25, 0.3) is 0 Å². The van der Waals surface area contributed by atoms with Gasteiger partial charge in [-0.25, -0.2) is 0 Å². The quantitative estimate of drug-likeness (QED) is 0.539. The monoisotopic (exact) mass is 264 g/mol. The second-order valence-corrected chi connectivity index (χ2v) is 5.44. The molecular formula is C17H28O2. The molecule has 0 amide bonds. The van der Waals surface area contributed by atoms with Crippen molar-refractivity contribution in [3.8, 4) is 0 Å². The van der Waals surface area contributed by atoms with E-state index in [1.807, 2.05) is 25.2 Å². The van der Waals surface area contributed by atoms with Crippen molar-refractivity contribution >= 4 is 5.78 Å². The van der Waals surface area contributed by atoms with E-state index in [-0.39, 0.29) is 5.78 Å². The molecule has 0 bridgehead atoms. The van der Waals surface area contributed by atoms with E-state index in [9.17, 15) is 4.79 Å². The van der Waals surface area contributed by atoms with Crippen LogP contribution in [0.2, 0.25) is 0 Å². The number of ether oxygens (including phenoxy) is 1. The van der Waals surface area contributed by atoms with Crippen molar-refractivity contribution < 1.29 is 9.53 Å². The van der Waals surface area contributed by atoms with Crippen LogP contribution in [0.4, 0.5) is 0 Å². The first-order valence-corrected chi connectivity index (χ1v) is 7.62. The third-order valence-electron chi connectivity index (χ3n) is 4.01.